The predicted octanol–water partition coefficient (Wildman–Crippen LogP) is 3.30. The first-order valence-electron chi connectivity index (χ1n) is 9.37. The lowest BCUT2D eigenvalue weighted by Gasteiger charge is -2.44. The van der Waals surface area contributed by atoms with E-state index in [9.17, 15) is 15.0 Å². The van der Waals surface area contributed by atoms with E-state index in [0.717, 1.165) is 30.4 Å². The molecule has 0 aromatic rings. The molecule has 138 valence electrons. The Morgan fingerprint density at radius 1 is 1.44 bits per heavy atom. The fraction of sp³-hybridized carbons (Fsp3) is 0.667. The quantitative estimate of drug-likeness (QED) is 0.767. The third-order valence-corrected chi connectivity index (χ3v) is 6.17. The second kappa shape index (κ2) is 6.40. The van der Waals surface area contributed by atoms with Gasteiger partial charge in [0, 0.05) is 5.92 Å². The summed E-state index contributed by atoms with van der Waals surface area (Å²) < 4.78 is 6.25. The Kier molecular flexibility index (Phi) is 4.71. The third-order valence-electron chi connectivity index (χ3n) is 6.17. The second-order valence-corrected chi connectivity index (χ2v) is 8.22. The number of carbonyl (C=O) groups excluding carboxylic acids is 1. The number of Topliss-reactive ketones (excluding diaryl/α,β-unsaturated/α-hetero) is 1. The lowest BCUT2D eigenvalue weighted by molar-refractivity contribution is -0.116. The molecule has 4 heteroatoms. The summed E-state index contributed by atoms with van der Waals surface area (Å²) >= 11 is 0. The molecule has 2 fully saturated rings. The Morgan fingerprint density at radius 2 is 2.12 bits per heavy atom. The zero-order valence-electron chi connectivity index (χ0n) is 15.7. The summed E-state index contributed by atoms with van der Waals surface area (Å²) in [5, 5.41) is 21.8. The number of aliphatic hydroxyl groups excluding tert-OH is 1. The van der Waals surface area contributed by atoms with Crippen LogP contribution in [-0.2, 0) is 9.53 Å². The molecule has 0 aromatic carbocycles. The van der Waals surface area contributed by atoms with E-state index >= 15 is 0 Å². The van der Waals surface area contributed by atoms with Gasteiger partial charge in [0.15, 0.2) is 5.78 Å². The highest BCUT2D eigenvalue weighted by Crippen LogP contribution is 2.55. The molecule has 0 bridgehead atoms. The molecule has 3 rings (SSSR count). The Bertz CT molecular complexity index is 655. The van der Waals surface area contributed by atoms with Crippen LogP contribution in [0.15, 0.2) is 35.1 Å². The van der Waals surface area contributed by atoms with Gasteiger partial charge in [-0.2, -0.15) is 0 Å². The highest BCUT2D eigenvalue weighted by molar-refractivity contribution is 5.98. The Balaban J connectivity index is 2.12. The number of ketones is 1. The number of carbonyl (C=O) groups is 1. The Labute approximate surface area is 150 Å². The maximum absolute atomic E-state index is 12.4. The molecule has 6 atom stereocenters. The van der Waals surface area contributed by atoms with E-state index < -0.39 is 17.8 Å². The van der Waals surface area contributed by atoms with Gasteiger partial charge in [-0.3, -0.25) is 4.79 Å². The molecule has 0 radical (unpaired) electrons. The van der Waals surface area contributed by atoms with Crippen LogP contribution in [0.2, 0.25) is 0 Å². The van der Waals surface area contributed by atoms with Gasteiger partial charge < -0.3 is 14.9 Å². The summed E-state index contributed by atoms with van der Waals surface area (Å²) in [5.74, 6) is 0.404. The van der Waals surface area contributed by atoms with Gasteiger partial charge in [0.1, 0.15) is 11.9 Å². The smallest absolute Gasteiger partial charge is 0.163 e. The zero-order chi connectivity index (χ0) is 18.5. The molecule has 0 spiro atoms. The van der Waals surface area contributed by atoms with Crippen LogP contribution in [0.5, 0.6) is 0 Å². The lowest BCUT2D eigenvalue weighted by Crippen LogP contribution is -2.51. The van der Waals surface area contributed by atoms with Gasteiger partial charge in [0.25, 0.3) is 0 Å². The molecule has 2 N–H and O–H groups in total. The van der Waals surface area contributed by atoms with E-state index in [-0.39, 0.29) is 23.5 Å². The minimum absolute atomic E-state index is 0.0308. The first-order chi connectivity index (χ1) is 11.7. The van der Waals surface area contributed by atoms with Gasteiger partial charge in [0.2, 0.25) is 0 Å². The van der Waals surface area contributed by atoms with Crippen LogP contribution < -0.4 is 0 Å². The molecule has 0 aromatic heterocycles. The molecular formula is C21H30O4. The largest absolute Gasteiger partial charge is 0.490 e. The third kappa shape index (κ3) is 2.89. The van der Waals surface area contributed by atoms with E-state index in [2.05, 4.69) is 13.5 Å². The molecule has 1 saturated heterocycles. The molecule has 1 saturated carbocycles. The highest BCUT2D eigenvalue weighted by Gasteiger charge is 2.59. The van der Waals surface area contributed by atoms with Gasteiger partial charge >= 0.3 is 0 Å². The molecule has 0 amide bonds. The number of rotatable bonds is 4. The molecular weight excluding hydrogens is 316 g/mol. The van der Waals surface area contributed by atoms with Crippen LogP contribution in [0, 0.1) is 17.8 Å². The van der Waals surface area contributed by atoms with Crippen molar-refractivity contribution < 1.29 is 19.7 Å². The maximum Gasteiger partial charge on any atom is 0.163 e. The van der Waals surface area contributed by atoms with E-state index in [4.69, 9.17) is 4.74 Å². The number of fused-ring (bicyclic) bond motifs is 3. The summed E-state index contributed by atoms with van der Waals surface area (Å²) in [4.78, 5) is 12.4. The van der Waals surface area contributed by atoms with E-state index in [0.29, 0.717) is 17.8 Å². The van der Waals surface area contributed by atoms with E-state index in [1.54, 1.807) is 13.8 Å². The van der Waals surface area contributed by atoms with Gasteiger partial charge in [-0.25, -0.2) is 0 Å². The van der Waals surface area contributed by atoms with Crippen molar-refractivity contribution in [2.24, 2.45) is 17.8 Å². The second-order valence-electron chi connectivity index (χ2n) is 8.22. The van der Waals surface area contributed by atoms with Crippen LogP contribution in [0.4, 0.5) is 0 Å². The number of hydrogen-bond acceptors (Lipinski definition) is 4. The van der Waals surface area contributed by atoms with Crippen molar-refractivity contribution in [2.45, 2.75) is 71.2 Å². The topological polar surface area (TPSA) is 66.8 Å². The summed E-state index contributed by atoms with van der Waals surface area (Å²) in [7, 11) is 0. The molecule has 1 heterocycles. The number of ether oxygens (including phenoxy) is 1. The maximum atomic E-state index is 12.4. The molecule has 3 aliphatic rings. The van der Waals surface area contributed by atoms with Crippen molar-refractivity contribution in [3.8, 4) is 0 Å². The fourth-order valence-electron chi connectivity index (χ4n) is 5.05. The standard InChI is InChI=1S/C21H30O4/c1-6-7-13-10-15(23)18-17-14(11(2)3)8-9-21(5,24)20(17)25-19(18)16(13)12(4)22/h10,14-15,17-18,20,23-24H,2,6-9H2,1,3-5H3/t14-,15?,17+,18?,20-,21-/m0/s1. The summed E-state index contributed by atoms with van der Waals surface area (Å²) in [6.07, 6.45) is 3.81. The minimum atomic E-state index is -0.965. The fourth-order valence-corrected chi connectivity index (χ4v) is 5.05. The van der Waals surface area contributed by atoms with Gasteiger partial charge in [0.05, 0.1) is 23.2 Å². The molecule has 25 heavy (non-hydrogen) atoms. The first kappa shape index (κ1) is 18.4. The Hall–Kier alpha value is -1.39. The van der Waals surface area contributed by atoms with Crippen molar-refractivity contribution in [3.05, 3.63) is 35.1 Å². The van der Waals surface area contributed by atoms with Crippen molar-refractivity contribution in [1.82, 2.24) is 0 Å². The SMILES string of the molecule is C=C(C)[C@@H]1CC[C@](C)(O)[C@H]2OC3=C(C(C)=O)C(CCC)=CC(O)C3[C@@H]12. The monoisotopic (exact) mass is 346 g/mol. The average molecular weight is 346 g/mol. The van der Waals surface area contributed by atoms with Crippen molar-refractivity contribution in [1.29, 1.82) is 0 Å². The summed E-state index contributed by atoms with van der Waals surface area (Å²) in [5.41, 5.74) is 1.57. The summed E-state index contributed by atoms with van der Waals surface area (Å²) in [6, 6.07) is 0. The molecule has 2 aliphatic carbocycles. The normalized spacial score (nSPS) is 40.1. The number of allylic oxidation sites excluding steroid dienone is 3. The summed E-state index contributed by atoms with van der Waals surface area (Å²) in [6.45, 7) is 11.5. The lowest BCUT2D eigenvalue weighted by atomic mass is 9.62. The van der Waals surface area contributed by atoms with Gasteiger partial charge in [-0.1, -0.05) is 31.6 Å². The molecule has 2 unspecified atom stereocenters. The molecule has 1 aliphatic heterocycles. The predicted molar refractivity (Wildman–Crippen MR) is 96.7 cm³/mol. The highest BCUT2D eigenvalue weighted by atomic mass is 16.5. The minimum Gasteiger partial charge on any atom is -0.490 e. The van der Waals surface area contributed by atoms with Crippen LogP contribution in [0.3, 0.4) is 0 Å². The zero-order valence-corrected chi connectivity index (χ0v) is 15.7. The van der Waals surface area contributed by atoms with Crippen molar-refractivity contribution >= 4 is 5.78 Å². The van der Waals surface area contributed by atoms with Crippen molar-refractivity contribution in [2.75, 3.05) is 0 Å². The average Bonchev–Trinajstić information content (AvgIpc) is 2.88. The van der Waals surface area contributed by atoms with Crippen LogP contribution in [0.1, 0.15) is 53.4 Å². The number of aliphatic hydroxyl groups is 2. The van der Waals surface area contributed by atoms with E-state index in [1.165, 1.54) is 0 Å². The van der Waals surface area contributed by atoms with Crippen molar-refractivity contribution in [3.63, 3.8) is 0 Å². The Morgan fingerprint density at radius 3 is 2.68 bits per heavy atom. The van der Waals surface area contributed by atoms with E-state index in [1.807, 2.05) is 13.0 Å². The van der Waals surface area contributed by atoms with Gasteiger partial charge in [-0.15, -0.1) is 0 Å². The molecule has 4 nitrogen and oxygen atoms in total. The van der Waals surface area contributed by atoms with Gasteiger partial charge in [-0.05, 0) is 51.5 Å². The number of hydrogen-bond donors (Lipinski definition) is 2. The van der Waals surface area contributed by atoms with Crippen LogP contribution in [-0.4, -0.2) is 33.8 Å². The van der Waals surface area contributed by atoms with Crippen LogP contribution >= 0.6 is 0 Å². The van der Waals surface area contributed by atoms with Crippen LogP contribution in [0.25, 0.3) is 0 Å². The first-order valence-corrected chi connectivity index (χ1v) is 9.37.